The number of ether oxygens (including phenoxy) is 2. The van der Waals surface area contributed by atoms with Gasteiger partial charge in [0.2, 0.25) is 0 Å². The van der Waals surface area contributed by atoms with Gasteiger partial charge in [0.05, 0.1) is 11.8 Å². The second kappa shape index (κ2) is 6.21. The summed E-state index contributed by atoms with van der Waals surface area (Å²) in [7, 11) is 0. The van der Waals surface area contributed by atoms with Crippen molar-refractivity contribution >= 4 is 11.5 Å². The summed E-state index contributed by atoms with van der Waals surface area (Å²) in [6.07, 6.45) is -0.183. The molecule has 2 aromatic carbocycles. The first-order valence-electron chi connectivity index (χ1n) is 8.15. The highest BCUT2D eigenvalue weighted by molar-refractivity contribution is 5.75. The summed E-state index contributed by atoms with van der Waals surface area (Å²) in [5.74, 6) is 0.427. The van der Waals surface area contributed by atoms with Gasteiger partial charge in [-0.3, -0.25) is 4.57 Å². The number of nitrogen functional groups attached to an aromatic ring is 1. The minimum atomic E-state index is -0.518. The molecule has 1 aliphatic rings. The molecule has 3 aromatic rings. The molecule has 0 amide bonds. The highest BCUT2D eigenvalue weighted by Gasteiger charge is 2.33. The fraction of sp³-hybridized carbons (Fsp3) is 0.150. The predicted molar refractivity (Wildman–Crippen MR) is 96.1 cm³/mol. The predicted octanol–water partition coefficient (Wildman–Crippen LogP) is 5.13. The lowest BCUT2D eigenvalue weighted by Crippen LogP contribution is -2.00. The summed E-state index contributed by atoms with van der Waals surface area (Å²) >= 11 is 0. The van der Waals surface area contributed by atoms with Crippen molar-refractivity contribution in [2.45, 2.75) is 19.6 Å². The molecule has 2 N–H and O–H groups in total. The molecule has 26 heavy (non-hydrogen) atoms. The standard InChI is InChI=1S/C20H16FN3O2/c1-12-18-16(11-25-12)24(20(23-2)19(18)22)13-8-9-17(15(21)10-13)26-14-6-4-3-5-7-14/h3-10,12H,11,22H2,1H3. The number of hydrogen-bond donors (Lipinski definition) is 1. The van der Waals surface area contributed by atoms with E-state index >= 15 is 0 Å². The summed E-state index contributed by atoms with van der Waals surface area (Å²) in [5, 5.41) is 0. The van der Waals surface area contributed by atoms with Crippen LogP contribution in [0.3, 0.4) is 0 Å². The van der Waals surface area contributed by atoms with Gasteiger partial charge in [0.25, 0.3) is 5.82 Å². The summed E-state index contributed by atoms with van der Waals surface area (Å²) < 4.78 is 27.5. The van der Waals surface area contributed by atoms with E-state index in [9.17, 15) is 4.39 Å². The molecular weight excluding hydrogens is 333 g/mol. The maximum atomic E-state index is 14.6. The molecule has 1 aromatic heterocycles. The van der Waals surface area contributed by atoms with Gasteiger partial charge in [-0.25, -0.2) is 4.39 Å². The average molecular weight is 349 g/mol. The Bertz CT molecular complexity index is 1020. The Kier molecular flexibility index (Phi) is 3.86. The number of halogens is 1. The summed E-state index contributed by atoms with van der Waals surface area (Å²) in [6, 6.07) is 13.6. The van der Waals surface area contributed by atoms with Crippen LogP contribution in [0.2, 0.25) is 0 Å². The van der Waals surface area contributed by atoms with Crippen LogP contribution in [0.4, 0.5) is 15.9 Å². The van der Waals surface area contributed by atoms with Gasteiger partial charge < -0.3 is 20.1 Å². The minimum absolute atomic E-state index is 0.116. The highest BCUT2D eigenvalue weighted by Crippen LogP contribution is 2.44. The van der Waals surface area contributed by atoms with Gasteiger partial charge in [0.1, 0.15) is 23.7 Å². The number of hydrogen-bond acceptors (Lipinski definition) is 3. The Morgan fingerprint density at radius 3 is 2.73 bits per heavy atom. The number of aromatic nitrogens is 1. The number of nitrogens with zero attached hydrogens (tertiary/aromatic N) is 2. The van der Waals surface area contributed by atoms with E-state index in [1.807, 2.05) is 25.1 Å². The zero-order valence-electron chi connectivity index (χ0n) is 14.1. The van der Waals surface area contributed by atoms with Crippen LogP contribution in [0.25, 0.3) is 10.5 Å². The third-order valence-corrected chi connectivity index (χ3v) is 4.45. The Labute approximate surface area is 150 Å². The van der Waals surface area contributed by atoms with Crippen molar-refractivity contribution in [2.75, 3.05) is 5.73 Å². The molecule has 0 fully saturated rings. The first-order valence-corrected chi connectivity index (χ1v) is 8.15. The Morgan fingerprint density at radius 1 is 1.27 bits per heavy atom. The number of para-hydroxylation sites is 1. The molecule has 0 spiro atoms. The van der Waals surface area contributed by atoms with Gasteiger partial charge in [-0.05, 0) is 31.2 Å². The van der Waals surface area contributed by atoms with E-state index in [1.165, 1.54) is 6.07 Å². The smallest absolute Gasteiger partial charge is 0.258 e. The fourth-order valence-electron chi connectivity index (χ4n) is 3.24. The Balaban J connectivity index is 1.77. The van der Waals surface area contributed by atoms with Crippen molar-refractivity contribution in [3.05, 3.63) is 77.0 Å². The topological polar surface area (TPSA) is 53.8 Å². The van der Waals surface area contributed by atoms with E-state index < -0.39 is 5.82 Å². The first kappa shape index (κ1) is 16.2. The maximum Gasteiger partial charge on any atom is 0.258 e. The molecular formula is C20H16FN3O2. The lowest BCUT2D eigenvalue weighted by molar-refractivity contribution is 0.0779. The SMILES string of the molecule is [C-]#[N+]c1c(N)c2c(n1-c1ccc(Oc3ccccc3)c(F)c1)COC2C. The second-order valence-electron chi connectivity index (χ2n) is 6.03. The number of fused-ring (bicyclic) bond motifs is 1. The number of benzene rings is 2. The van der Waals surface area contributed by atoms with Gasteiger partial charge >= 0.3 is 0 Å². The zero-order chi connectivity index (χ0) is 18.3. The van der Waals surface area contributed by atoms with Crippen molar-refractivity contribution in [3.8, 4) is 17.2 Å². The average Bonchev–Trinajstić information content (AvgIpc) is 3.15. The van der Waals surface area contributed by atoms with E-state index in [4.69, 9.17) is 21.8 Å². The van der Waals surface area contributed by atoms with Crippen LogP contribution in [0.15, 0.2) is 48.5 Å². The van der Waals surface area contributed by atoms with Gasteiger partial charge in [-0.1, -0.05) is 24.8 Å². The largest absolute Gasteiger partial charge is 0.454 e. The molecule has 1 unspecified atom stereocenters. The third kappa shape index (κ3) is 2.50. The zero-order valence-corrected chi connectivity index (χ0v) is 14.1. The van der Waals surface area contributed by atoms with Crippen LogP contribution < -0.4 is 10.5 Å². The summed E-state index contributed by atoms with van der Waals surface area (Å²) in [6.45, 7) is 9.68. The van der Waals surface area contributed by atoms with Gasteiger partial charge in [0, 0.05) is 11.6 Å². The molecule has 6 heteroatoms. The van der Waals surface area contributed by atoms with Crippen molar-refractivity contribution in [1.82, 2.24) is 4.57 Å². The monoisotopic (exact) mass is 349 g/mol. The van der Waals surface area contributed by atoms with Crippen LogP contribution in [0.1, 0.15) is 24.3 Å². The van der Waals surface area contributed by atoms with Gasteiger partial charge in [0.15, 0.2) is 11.6 Å². The van der Waals surface area contributed by atoms with Crippen LogP contribution in [-0.4, -0.2) is 4.57 Å². The molecule has 1 aliphatic heterocycles. The number of nitrogens with two attached hydrogens (primary N) is 1. The molecule has 0 saturated carbocycles. The molecule has 5 nitrogen and oxygen atoms in total. The minimum Gasteiger partial charge on any atom is -0.454 e. The first-order chi connectivity index (χ1) is 12.6. The van der Waals surface area contributed by atoms with Crippen molar-refractivity contribution in [3.63, 3.8) is 0 Å². The summed E-state index contributed by atoms with van der Waals surface area (Å²) in [4.78, 5) is 3.54. The quantitative estimate of drug-likeness (QED) is 0.667. The number of anilines is 1. The van der Waals surface area contributed by atoms with Crippen LogP contribution >= 0.6 is 0 Å². The number of rotatable bonds is 3. The molecule has 2 heterocycles. The fourth-order valence-corrected chi connectivity index (χ4v) is 3.24. The van der Waals surface area contributed by atoms with Crippen LogP contribution in [0.5, 0.6) is 11.5 Å². The van der Waals surface area contributed by atoms with E-state index in [1.54, 1.807) is 28.8 Å². The van der Waals surface area contributed by atoms with Crippen LogP contribution in [0, 0.1) is 12.4 Å². The van der Waals surface area contributed by atoms with Gasteiger partial charge in [-0.15, -0.1) is 0 Å². The third-order valence-electron chi connectivity index (χ3n) is 4.45. The molecule has 130 valence electrons. The van der Waals surface area contributed by atoms with Crippen molar-refractivity contribution in [2.24, 2.45) is 0 Å². The molecule has 0 aliphatic carbocycles. The van der Waals surface area contributed by atoms with E-state index in [0.717, 1.165) is 11.3 Å². The second-order valence-corrected chi connectivity index (χ2v) is 6.03. The lowest BCUT2D eigenvalue weighted by Gasteiger charge is -2.10. The maximum absolute atomic E-state index is 14.6. The van der Waals surface area contributed by atoms with Crippen molar-refractivity contribution in [1.29, 1.82) is 0 Å². The lowest BCUT2D eigenvalue weighted by atomic mass is 10.1. The Hall–Kier alpha value is -3.30. The van der Waals surface area contributed by atoms with Gasteiger partial charge in [-0.2, -0.15) is 0 Å². The molecule has 0 radical (unpaired) electrons. The van der Waals surface area contributed by atoms with Crippen molar-refractivity contribution < 1.29 is 13.9 Å². The highest BCUT2D eigenvalue weighted by atomic mass is 19.1. The van der Waals surface area contributed by atoms with E-state index in [0.29, 0.717) is 23.7 Å². The van der Waals surface area contributed by atoms with Crippen LogP contribution in [-0.2, 0) is 11.3 Å². The molecule has 0 saturated heterocycles. The molecule has 1 atom stereocenters. The van der Waals surface area contributed by atoms with E-state index in [-0.39, 0.29) is 17.7 Å². The van der Waals surface area contributed by atoms with E-state index in [2.05, 4.69) is 4.85 Å². The Morgan fingerprint density at radius 2 is 2.04 bits per heavy atom. The molecule has 0 bridgehead atoms. The summed E-state index contributed by atoms with van der Waals surface area (Å²) in [5.41, 5.74) is 8.63. The normalized spacial score (nSPS) is 15.5. The molecule has 4 rings (SSSR count).